The van der Waals surface area contributed by atoms with Gasteiger partial charge in [-0.1, -0.05) is 0 Å². The average molecular weight is 265 g/mol. The number of nitrogen functional groups attached to an aromatic ring is 1. The third-order valence-corrected chi connectivity index (χ3v) is 2.88. The molecule has 102 valence electrons. The zero-order valence-electron chi connectivity index (χ0n) is 10.9. The molecule has 2 aromatic rings. The summed E-state index contributed by atoms with van der Waals surface area (Å²) in [6.45, 7) is 2.54. The molecule has 0 bridgehead atoms. The molecule has 1 aromatic carbocycles. The van der Waals surface area contributed by atoms with Gasteiger partial charge in [0.05, 0.1) is 11.6 Å². The van der Waals surface area contributed by atoms with Crippen molar-refractivity contribution in [1.82, 2.24) is 20.2 Å². The van der Waals surface area contributed by atoms with Gasteiger partial charge in [0, 0.05) is 19.4 Å². The predicted octanol–water partition coefficient (Wildman–Crippen LogP) is 1.66. The van der Waals surface area contributed by atoms with Gasteiger partial charge >= 0.3 is 0 Å². The largest absolute Gasteiger partial charge is 0.399 e. The van der Waals surface area contributed by atoms with Crippen molar-refractivity contribution in [2.75, 3.05) is 19.5 Å². The van der Waals surface area contributed by atoms with Crippen LogP contribution in [0.4, 0.5) is 10.1 Å². The standard InChI is InChI=1S/C12H16FN5O/c1-8(5-6-19-2)18-12(15-16-17-18)10-4-3-9(14)7-11(10)13/h3-4,7-8H,5-6,14H2,1-2H3. The lowest BCUT2D eigenvalue weighted by molar-refractivity contribution is 0.178. The maximum atomic E-state index is 13.9. The van der Waals surface area contributed by atoms with Gasteiger partial charge in [0.15, 0.2) is 5.82 Å². The fourth-order valence-electron chi connectivity index (χ4n) is 1.79. The van der Waals surface area contributed by atoms with Crippen LogP contribution in [0.5, 0.6) is 0 Å². The molecule has 19 heavy (non-hydrogen) atoms. The Kier molecular flexibility index (Phi) is 4.06. The normalized spacial score (nSPS) is 12.6. The van der Waals surface area contributed by atoms with Crippen LogP contribution in [0.15, 0.2) is 18.2 Å². The number of aromatic nitrogens is 4. The summed E-state index contributed by atoms with van der Waals surface area (Å²) in [6.07, 6.45) is 0.741. The van der Waals surface area contributed by atoms with Crippen LogP contribution < -0.4 is 5.73 Å². The number of anilines is 1. The van der Waals surface area contributed by atoms with Crippen molar-refractivity contribution in [1.29, 1.82) is 0 Å². The number of hydrogen-bond donors (Lipinski definition) is 1. The quantitative estimate of drug-likeness (QED) is 0.832. The van der Waals surface area contributed by atoms with Crippen molar-refractivity contribution in [2.24, 2.45) is 0 Å². The van der Waals surface area contributed by atoms with Crippen molar-refractivity contribution in [3.8, 4) is 11.4 Å². The summed E-state index contributed by atoms with van der Waals surface area (Å²) in [5.74, 6) is -0.0453. The summed E-state index contributed by atoms with van der Waals surface area (Å²) in [7, 11) is 1.63. The number of nitrogens with two attached hydrogens (primary N) is 1. The number of tetrazole rings is 1. The zero-order valence-corrected chi connectivity index (χ0v) is 10.9. The molecule has 1 atom stereocenters. The second-order valence-corrected chi connectivity index (χ2v) is 4.32. The van der Waals surface area contributed by atoms with Gasteiger partial charge in [-0.15, -0.1) is 5.10 Å². The van der Waals surface area contributed by atoms with E-state index >= 15 is 0 Å². The first-order chi connectivity index (χ1) is 9.13. The summed E-state index contributed by atoms with van der Waals surface area (Å²) in [6, 6.07) is 4.48. The van der Waals surface area contributed by atoms with E-state index in [1.807, 2.05) is 6.92 Å². The van der Waals surface area contributed by atoms with Crippen LogP contribution in [-0.4, -0.2) is 33.9 Å². The van der Waals surface area contributed by atoms with Crippen molar-refractivity contribution < 1.29 is 9.13 Å². The Hall–Kier alpha value is -2.02. The molecule has 0 amide bonds. The van der Waals surface area contributed by atoms with E-state index in [2.05, 4.69) is 15.5 Å². The van der Waals surface area contributed by atoms with Crippen LogP contribution >= 0.6 is 0 Å². The van der Waals surface area contributed by atoms with Gasteiger partial charge in [-0.25, -0.2) is 9.07 Å². The lowest BCUT2D eigenvalue weighted by Gasteiger charge is -2.13. The van der Waals surface area contributed by atoms with Gasteiger partial charge in [0.1, 0.15) is 5.82 Å². The summed E-state index contributed by atoms with van der Waals surface area (Å²) in [4.78, 5) is 0. The van der Waals surface area contributed by atoms with Crippen LogP contribution in [0.25, 0.3) is 11.4 Å². The number of nitrogens with zero attached hydrogens (tertiary/aromatic N) is 4. The minimum Gasteiger partial charge on any atom is -0.399 e. The summed E-state index contributed by atoms with van der Waals surface area (Å²) >= 11 is 0. The van der Waals surface area contributed by atoms with Gasteiger partial charge in [-0.2, -0.15) is 0 Å². The molecule has 1 heterocycles. The Morgan fingerprint density at radius 2 is 2.26 bits per heavy atom. The first-order valence-corrected chi connectivity index (χ1v) is 5.95. The van der Waals surface area contributed by atoms with Gasteiger partial charge in [0.25, 0.3) is 0 Å². The zero-order chi connectivity index (χ0) is 13.8. The van der Waals surface area contributed by atoms with E-state index < -0.39 is 5.82 Å². The third-order valence-electron chi connectivity index (χ3n) is 2.88. The fraction of sp³-hybridized carbons (Fsp3) is 0.417. The molecule has 7 heteroatoms. The molecule has 0 fully saturated rings. The molecule has 6 nitrogen and oxygen atoms in total. The van der Waals surface area contributed by atoms with E-state index in [1.165, 1.54) is 6.07 Å². The Morgan fingerprint density at radius 3 is 2.95 bits per heavy atom. The number of ether oxygens (including phenoxy) is 1. The number of halogens is 1. The lowest BCUT2D eigenvalue weighted by atomic mass is 10.1. The number of benzene rings is 1. The molecule has 0 saturated heterocycles. The van der Waals surface area contributed by atoms with E-state index in [0.717, 1.165) is 6.42 Å². The van der Waals surface area contributed by atoms with E-state index in [9.17, 15) is 4.39 Å². The van der Waals surface area contributed by atoms with Crippen LogP contribution in [0, 0.1) is 5.82 Å². The first kappa shape index (κ1) is 13.4. The minimum atomic E-state index is -0.435. The van der Waals surface area contributed by atoms with Gasteiger partial charge < -0.3 is 10.5 Å². The number of hydrogen-bond acceptors (Lipinski definition) is 5. The van der Waals surface area contributed by atoms with Crippen molar-refractivity contribution in [3.63, 3.8) is 0 Å². The molecule has 1 unspecified atom stereocenters. The Bertz CT molecular complexity index is 557. The van der Waals surface area contributed by atoms with E-state index in [1.54, 1.807) is 23.9 Å². The van der Waals surface area contributed by atoms with E-state index in [4.69, 9.17) is 10.5 Å². The summed E-state index contributed by atoms with van der Waals surface area (Å²) in [5.41, 5.74) is 6.23. The Morgan fingerprint density at radius 1 is 1.47 bits per heavy atom. The molecule has 0 aliphatic carbocycles. The minimum absolute atomic E-state index is 0.0157. The Labute approximate surface area is 110 Å². The highest BCUT2D eigenvalue weighted by atomic mass is 19.1. The SMILES string of the molecule is COCCC(C)n1nnnc1-c1ccc(N)cc1F. The molecule has 0 spiro atoms. The maximum Gasteiger partial charge on any atom is 0.185 e. The Balaban J connectivity index is 2.33. The molecule has 1 aromatic heterocycles. The topological polar surface area (TPSA) is 78.8 Å². The highest BCUT2D eigenvalue weighted by molar-refractivity contribution is 5.59. The molecule has 0 aliphatic rings. The molecule has 0 radical (unpaired) electrons. The van der Waals surface area contributed by atoms with Gasteiger partial charge in [0.2, 0.25) is 0 Å². The fourth-order valence-corrected chi connectivity index (χ4v) is 1.79. The first-order valence-electron chi connectivity index (χ1n) is 5.95. The molecule has 0 saturated carbocycles. The van der Waals surface area contributed by atoms with Crippen LogP contribution in [0.2, 0.25) is 0 Å². The lowest BCUT2D eigenvalue weighted by Crippen LogP contribution is -2.11. The van der Waals surface area contributed by atoms with Crippen molar-refractivity contribution >= 4 is 5.69 Å². The molecular formula is C12H16FN5O. The highest BCUT2D eigenvalue weighted by Crippen LogP contribution is 2.24. The van der Waals surface area contributed by atoms with E-state index in [-0.39, 0.29) is 6.04 Å². The average Bonchev–Trinajstić information content (AvgIpc) is 2.85. The summed E-state index contributed by atoms with van der Waals surface area (Å²) in [5, 5.41) is 11.4. The van der Waals surface area contributed by atoms with Gasteiger partial charge in [-0.3, -0.25) is 0 Å². The van der Waals surface area contributed by atoms with E-state index in [0.29, 0.717) is 23.7 Å². The second-order valence-electron chi connectivity index (χ2n) is 4.32. The number of rotatable bonds is 5. The van der Waals surface area contributed by atoms with Crippen molar-refractivity contribution in [3.05, 3.63) is 24.0 Å². The van der Waals surface area contributed by atoms with Crippen molar-refractivity contribution in [2.45, 2.75) is 19.4 Å². The molecule has 2 rings (SSSR count). The summed E-state index contributed by atoms with van der Waals surface area (Å²) < 4.78 is 20.5. The maximum absolute atomic E-state index is 13.9. The highest BCUT2D eigenvalue weighted by Gasteiger charge is 2.17. The number of methoxy groups -OCH3 is 1. The molecule has 2 N–H and O–H groups in total. The smallest absolute Gasteiger partial charge is 0.185 e. The predicted molar refractivity (Wildman–Crippen MR) is 68.8 cm³/mol. The van der Waals surface area contributed by atoms with Gasteiger partial charge in [-0.05, 0) is 42.0 Å². The van der Waals surface area contributed by atoms with Crippen LogP contribution in [0.1, 0.15) is 19.4 Å². The third kappa shape index (κ3) is 2.87. The monoisotopic (exact) mass is 265 g/mol. The van der Waals surface area contributed by atoms with Crippen LogP contribution in [0.3, 0.4) is 0 Å². The molecular weight excluding hydrogens is 249 g/mol. The van der Waals surface area contributed by atoms with Crippen LogP contribution in [-0.2, 0) is 4.74 Å². The molecule has 0 aliphatic heterocycles. The second kappa shape index (κ2) is 5.75.